The van der Waals surface area contributed by atoms with Gasteiger partial charge >= 0.3 is 0 Å². The predicted molar refractivity (Wildman–Crippen MR) is 104 cm³/mol. The van der Waals surface area contributed by atoms with Crippen molar-refractivity contribution in [1.82, 2.24) is 15.0 Å². The molecule has 1 heterocycles. The van der Waals surface area contributed by atoms with Crippen molar-refractivity contribution in [2.75, 3.05) is 11.9 Å². The highest BCUT2D eigenvalue weighted by atomic mass is 35.5. The van der Waals surface area contributed by atoms with Gasteiger partial charge in [0.15, 0.2) is 0 Å². The lowest BCUT2D eigenvalue weighted by atomic mass is 10.3. The Morgan fingerprint density at radius 1 is 1.24 bits per heavy atom. The van der Waals surface area contributed by atoms with Crippen LogP contribution in [0.1, 0.15) is 10.5 Å². The highest BCUT2D eigenvalue weighted by Gasteiger charge is 2.18. The monoisotopic (exact) mass is 420 g/mol. The van der Waals surface area contributed by atoms with Crippen molar-refractivity contribution < 1.29 is 9.53 Å². The predicted octanol–water partition coefficient (Wildman–Crippen LogP) is 4.80. The number of carbonyl (C=O) groups excluding carboxylic acids is 1. The van der Waals surface area contributed by atoms with Crippen LogP contribution < -0.4 is 5.32 Å². The molecule has 0 radical (unpaired) electrons. The van der Waals surface area contributed by atoms with Crippen molar-refractivity contribution in [1.29, 1.82) is 0 Å². The van der Waals surface area contributed by atoms with Gasteiger partial charge in [0.05, 0.1) is 21.9 Å². The van der Waals surface area contributed by atoms with E-state index in [2.05, 4.69) is 35.3 Å². The molecular formula is C15H19Cl3N4O2Si. The lowest BCUT2D eigenvalue weighted by Gasteiger charge is -2.15. The molecule has 0 fully saturated rings. The fourth-order valence-electron chi connectivity index (χ4n) is 1.90. The molecule has 0 aliphatic heterocycles. The number of aromatic nitrogens is 3. The second-order valence-electron chi connectivity index (χ2n) is 6.67. The van der Waals surface area contributed by atoms with E-state index in [0.29, 0.717) is 11.6 Å². The molecule has 0 unspecified atom stereocenters. The van der Waals surface area contributed by atoms with Gasteiger partial charge < -0.3 is 10.1 Å². The van der Waals surface area contributed by atoms with E-state index >= 15 is 0 Å². The molecule has 1 amide bonds. The van der Waals surface area contributed by atoms with Crippen molar-refractivity contribution in [3.8, 4) is 0 Å². The van der Waals surface area contributed by atoms with Gasteiger partial charge in [-0.25, -0.2) is 4.68 Å². The first-order chi connectivity index (χ1) is 11.7. The second kappa shape index (κ2) is 8.51. The van der Waals surface area contributed by atoms with E-state index in [9.17, 15) is 4.79 Å². The Kier molecular flexibility index (Phi) is 6.87. The third-order valence-corrected chi connectivity index (χ3v) is 5.82. The van der Waals surface area contributed by atoms with Gasteiger partial charge in [-0.2, -0.15) is 0 Å². The molecule has 0 atom stereocenters. The van der Waals surface area contributed by atoms with E-state index in [1.165, 1.54) is 23.0 Å². The smallest absolute Gasteiger partial charge is 0.275 e. The first-order valence-electron chi connectivity index (χ1n) is 7.59. The number of benzene rings is 1. The number of nitrogens with zero attached hydrogens (tertiary/aromatic N) is 3. The SMILES string of the molecule is C[Si](C)(C)CCOCn1nncc1C(=O)Nc1c(Cl)cc(Cl)cc1Cl. The molecule has 0 spiro atoms. The number of amides is 1. The molecule has 0 bridgehead atoms. The van der Waals surface area contributed by atoms with Crippen LogP contribution >= 0.6 is 34.8 Å². The molecule has 0 saturated heterocycles. The van der Waals surface area contributed by atoms with Gasteiger partial charge in [0, 0.05) is 19.7 Å². The second-order valence-corrected chi connectivity index (χ2v) is 13.5. The number of nitrogens with one attached hydrogen (secondary N) is 1. The zero-order valence-corrected chi connectivity index (χ0v) is 17.4. The molecule has 1 N–H and O–H groups in total. The fourth-order valence-corrected chi connectivity index (χ4v) is 3.57. The topological polar surface area (TPSA) is 69.0 Å². The summed E-state index contributed by atoms with van der Waals surface area (Å²) in [6.07, 6.45) is 1.36. The number of anilines is 1. The average molecular weight is 422 g/mol. The molecule has 6 nitrogen and oxygen atoms in total. The molecule has 2 rings (SSSR count). The summed E-state index contributed by atoms with van der Waals surface area (Å²) in [4.78, 5) is 12.5. The summed E-state index contributed by atoms with van der Waals surface area (Å²) in [6, 6.07) is 4.03. The Morgan fingerprint density at radius 2 is 1.88 bits per heavy atom. The van der Waals surface area contributed by atoms with Crippen molar-refractivity contribution in [3.63, 3.8) is 0 Å². The van der Waals surface area contributed by atoms with Crippen LogP contribution in [0.15, 0.2) is 18.3 Å². The Morgan fingerprint density at radius 3 is 2.48 bits per heavy atom. The van der Waals surface area contributed by atoms with E-state index in [4.69, 9.17) is 39.5 Å². The fraction of sp³-hybridized carbons (Fsp3) is 0.400. The van der Waals surface area contributed by atoms with Crippen LogP contribution in [-0.2, 0) is 11.5 Å². The highest BCUT2D eigenvalue weighted by molar-refractivity contribution is 6.76. The normalized spacial score (nSPS) is 11.6. The van der Waals surface area contributed by atoms with Crippen molar-refractivity contribution in [3.05, 3.63) is 39.1 Å². The van der Waals surface area contributed by atoms with Crippen LogP contribution in [0, 0.1) is 0 Å². The summed E-state index contributed by atoms with van der Waals surface area (Å²) >= 11 is 18.0. The third kappa shape index (κ3) is 5.97. The number of ether oxygens (including phenoxy) is 1. The summed E-state index contributed by atoms with van der Waals surface area (Å²) in [5, 5.41) is 11.2. The summed E-state index contributed by atoms with van der Waals surface area (Å²) in [5.41, 5.74) is 0.528. The maximum absolute atomic E-state index is 12.5. The van der Waals surface area contributed by atoms with Crippen molar-refractivity contribution in [2.45, 2.75) is 32.4 Å². The van der Waals surface area contributed by atoms with Gasteiger partial charge in [-0.3, -0.25) is 4.79 Å². The minimum atomic E-state index is -1.17. The number of hydrogen-bond acceptors (Lipinski definition) is 4. The molecule has 10 heteroatoms. The van der Waals surface area contributed by atoms with E-state index in [0.717, 1.165) is 6.04 Å². The Balaban J connectivity index is 2.03. The number of halogens is 3. The molecule has 136 valence electrons. The zero-order valence-electron chi connectivity index (χ0n) is 14.1. The van der Waals surface area contributed by atoms with Crippen LogP contribution in [0.4, 0.5) is 5.69 Å². The van der Waals surface area contributed by atoms with E-state index in [1.54, 1.807) is 0 Å². The molecule has 2 aromatic rings. The quantitative estimate of drug-likeness (QED) is 0.515. The molecule has 0 saturated carbocycles. The van der Waals surface area contributed by atoms with E-state index in [-0.39, 0.29) is 28.2 Å². The van der Waals surface area contributed by atoms with Crippen LogP contribution in [0.2, 0.25) is 40.8 Å². The van der Waals surface area contributed by atoms with Gasteiger partial charge in [-0.05, 0) is 18.2 Å². The summed E-state index contributed by atoms with van der Waals surface area (Å²) in [6.45, 7) is 7.57. The molecule has 1 aromatic heterocycles. The van der Waals surface area contributed by atoms with Gasteiger partial charge in [-0.15, -0.1) is 5.10 Å². The first-order valence-corrected chi connectivity index (χ1v) is 12.4. The van der Waals surface area contributed by atoms with E-state index in [1.807, 2.05) is 0 Å². The lowest BCUT2D eigenvalue weighted by Crippen LogP contribution is -2.23. The minimum Gasteiger partial charge on any atom is -0.359 e. The Labute approximate surface area is 162 Å². The minimum absolute atomic E-state index is 0.148. The Bertz CT molecular complexity index is 738. The molecule has 0 aliphatic rings. The number of hydrogen-bond donors (Lipinski definition) is 1. The molecule has 25 heavy (non-hydrogen) atoms. The van der Waals surface area contributed by atoms with E-state index < -0.39 is 14.0 Å². The first kappa shape index (κ1) is 20.2. The number of rotatable bonds is 7. The maximum Gasteiger partial charge on any atom is 0.275 e. The standard InChI is InChI=1S/C15H19Cl3N4O2Si/c1-25(2,3)5-4-24-9-22-13(8-19-21-22)15(23)20-14-11(17)6-10(16)7-12(14)18/h6-8H,4-5,9H2,1-3H3,(H,20,23). The average Bonchev–Trinajstić information content (AvgIpc) is 2.94. The lowest BCUT2D eigenvalue weighted by molar-refractivity contribution is 0.0726. The van der Waals surface area contributed by atoms with Crippen molar-refractivity contribution >= 4 is 54.5 Å². The highest BCUT2D eigenvalue weighted by Crippen LogP contribution is 2.33. The third-order valence-electron chi connectivity index (χ3n) is 3.31. The Hall–Kier alpha value is -1.12. The van der Waals surface area contributed by atoms with Gasteiger partial charge in [0.2, 0.25) is 0 Å². The number of carbonyl (C=O) groups is 1. The van der Waals surface area contributed by atoms with Crippen LogP contribution in [0.3, 0.4) is 0 Å². The summed E-state index contributed by atoms with van der Waals surface area (Å²) < 4.78 is 6.99. The maximum atomic E-state index is 12.5. The van der Waals surface area contributed by atoms with Crippen LogP contribution in [0.25, 0.3) is 0 Å². The van der Waals surface area contributed by atoms with Crippen molar-refractivity contribution in [2.24, 2.45) is 0 Å². The van der Waals surface area contributed by atoms with Gasteiger partial charge in [0.1, 0.15) is 12.4 Å². The molecular weight excluding hydrogens is 403 g/mol. The largest absolute Gasteiger partial charge is 0.359 e. The summed E-state index contributed by atoms with van der Waals surface area (Å²) in [7, 11) is -1.17. The van der Waals surface area contributed by atoms with Crippen LogP contribution in [-0.4, -0.2) is 35.6 Å². The van der Waals surface area contributed by atoms with Crippen LogP contribution in [0.5, 0.6) is 0 Å². The van der Waals surface area contributed by atoms with Gasteiger partial charge in [0.25, 0.3) is 5.91 Å². The summed E-state index contributed by atoms with van der Waals surface area (Å²) in [5.74, 6) is -0.440. The molecule has 1 aromatic carbocycles. The zero-order chi connectivity index (χ0) is 18.6. The molecule has 0 aliphatic carbocycles. The van der Waals surface area contributed by atoms with Gasteiger partial charge in [-0.1, -0.05) is 59.7 Å².